The van der Waals surface area contributed by atoms with Crippen molar-refractivity contribution < 1.29 is 28.2 Å². The van der Waals surface area contributed by atoms with E-state index < -0.39 is 16.0 Å². The van der Waals surface area contributed by atoms with Crippen LogP contribution in [0.4, 0.5) is 0 Å². The van der Waals surface area contributed by atoms with Gasteiger partial charge in [0.1, 0.15) is 10.6 Å². The van der Waals surface area contributed by atoms with Gasteiger partial charge in [0.15, 0.2) is 0 Å². The first-order valence-electron chi connectivity index (χ1n) is 6.36. The maximum Gasteiger partial charge on any atom is 0.335 e. The van der Waals surface area contributed by atoms with E-state index in [-0.39, 0.29) is 28.9 Å². The van der Waals surface area contributed by atoms with Gasteiger partial charge in [-0.1, -0.05) is 0 Å². The van der Waals surface area contributed by atoms with Crippen LogP contribution >= 0.6 is 0 Å². The first-order valence-corrected chi connectivity index (χ1v) is 7.84. The van der Waals surface area contributed by atoms with E-state index in [0.717, 1.165) is 6.07 Å². The molecule has 1 unspecified atom stereocenters. The van der Waals surface area contributed by atoms with Crippen molar-refractivity contribution in [3.05, 3.63) is 23.8 Å². The Kier molecular flexibility index (Phi) is 6.13. The number of aliphatic hydroxyl groups excluding tert-OH is 1. The summed E-state index contributed by atoms with van der Waals surface area (Å²) in [7, 11) is -2.55. The molecule has 21 heavy (non-hydrogen) atoms. The fourth-order valence-electron chi connectivity index (χ4n) is 1.81. The first kappa shape index (κ1) is 17.4. The minimum atomic E-state index is -3.82. The number of aromatic carboxylic acids is 1. The fraction of sp³-hybridized carbons (Fsp3) is 0.462. The van der Waals surface area contributed by atoms with Crippen LogP contribution in [0.25, 0.3) is 0 Å². The number of aliphatic hydroxyl groups is 1. The van der Waals surface area contributed by atoms with E-state index in [9.17, 15) is 13.2 Å². The number of hydrogen-bond acceptors (Lipinski definition) is 5. The molecule has 0 aliphatic carbocycles. The number of carboxylic acids is 1. The Morgan fingerprint density at radius 2 is 2.10 bits per heavy atom. The SMILES string of the molecule is COc1cc(C(=O)O)ccc1S(=O)(=O)NC(C)CCCO. The zero-order valence-corrected chi connectivity index (χ0v) is 12.7. The third-order valence-corrected chi connectivity index (χ3v) is 4.48. The molecule has 0 heterocycles. The summed E-state index contributed by atoms with van der Waals surface area (Å²) in [6, 6.07) is 3.21. The predicted octanol–water partition coefficient (Wildman–Crippen LogP) is 0.833. The summed E-state index contributed by atoms with van der Waals surface area (Å²) >= 11 is 0. The monoisotopic (exact) mass is 317 g/mol. The number of carboxylic acid groups (broad SMARTS) is 1. The highest BCUT2D eigenvalue weighted by Crippen LogP contribution is 2.25. The minimum Gasteiger partial charge on any atom is -0.495 e. The molecule has 0 radical (unpaired) electrons. The molecule has 0 aliphatic heterocycles. The lowest BCUT2D eigenvalue weighted by molar-refractivity contribution is 0.0696. The van der Waals surface area contributed by atoms with E-state index in [2.05, 4.69) is 4.72 Å². The smallest absolute Gasteiger partial charge is 0.335 e. The van der Waals surface area contributed by atoms with Gasteiger partial charge in [0.25, 0.3) is 0 Å². The van der Waals surface area contributed by atoms with Crippen molar-refractivity contribution in [1.29, 1.82) is 0 Å². The van der Waals surface area contributed by atoms with Gasteiger partial charge in [0.05, 0.1) is 12.7 Å². The Morgan fingerprint density at radius 3 is 2.62 bits per heavy atom. The number of ether oxygens (including phenoxy) is 1. The van der Waals surface area contributed by atoms with Crippen molar-refractivity contribution in [1.82, 2.24) is 4.72 Å². The number of benzene rings is 1. The molecule has 0 fully saturated rings. The second-order valence-electron chi connectivity index (χ2n) is 4.56. The lowest BCUT2D eigenvalue weighted by atomic mass is 10.2. The van der Waals surface area contributed by atoms with Crippen LogP contribution in [0.3, 0.4) is 0 Å². The Balaban J connectivity index is 3.05. The number of methoxy groups -OCH3 is 1. The summed E-state index contributed by atoms with van der Waals surface area (Å²) in [4.78, 5) is 10.8. The quantitative estimate of drug-likeness (QED) is 0.654. The number of nitrogens with one attached hydrogen (secondary N) is 1. The van der Waals surface area contributed by atoms with Crippen LogP contribution in [-0.4, -0.2) is 44.4 Å². The maximum absolute atomic E-state index is 12.3. The Morgan fingerprint density at radius 1 is 1.43 bits per heavy atom. The molecule has 0 aliphatic rings. The number of rotatable bonds is 8. The molecular formula is C13H19NO6S. The van der Waals surface area contributed by atoms with Gasteiger partial charge in [-0.25, -0.2) is 17.9 Å². The molecule has 0 saturated heterocycles. The van der Waals surface area contributed by atoms with Crippen LogP contribution in [0, 0.1) is 0 Å². The third-order valence-electron chi connectivity index (χ3n) is 2.85. The van der Waals surface area contributed by atoms with Gasteiger partial charge in [-0.3, -0.25) is 0 Å². The van der Waals surface area contributed by atoms with Crippen LogP contribution in [0.2, 0.25) is 0 Å². The molecule has 8 heteroatoms. The molecule has 1 aromatic carbocycles. The molecule has 0 bridgehead atoms. The van der Waals surface area contributed by atoms with Gasteiger partial charge in [0, 0.05) is 12.6 Å². The molecule has 7 nitrogen and oxygen atoms in total. The number of sulfonamides is 1. The summed E-state index contributed by atoms with van der Waals surface area (Å²) < 4.78 is 32.0. The van der Waals surface area contributed by atoms with Crippen molar-refractivity contribution in [2.75, 3.05) is 13.7 Å². The minimum absolute atomic E-state index is 0.0112. The Hall–Kier alpha value is -1.64. The van der Waals surface area contributed by atoms with Crippen molar-refractivity contribution in [2.45, 2.75) is 30.7 Å². The topological polar surface area (TPSA) is 113 Å². The molecular weight excluding hydrogens is 298 g/mol. The van der Waals surface area contributed by atoms with Crippen LogP contribution < -0.4 is 9.46 Å². The highest BCUT2D eigenvalue weighted by atomic mass is 32.2. The number of hydrogen-bond donors (Lipinski definition) is 3. The zero-order valence-electron chi connectivity index (χ0n) is 11.9. The average Bonchev–Trinajstić information content (AvgIpc) is 2.43. The molecule has 0 amide bonds. The zero-order chi connectivity index (χ0) is 16.0. The third kappa shape index (κ3) is 4.69. The standard InChI is InChI=1S/C13H19NO6S/c1-9(4-3-7-15)14-21(18,19)12-6-5-10(13(16)17)8-11(12)20-2/h5-6,8-9,14-15H,3-4,7H2,1-2H3,(H,16,17). The predicted molar refractivity (Wildman–Crippen MR) is 76.1 cm³/mol. The molecule has 1 rings (SSSR count). The van der Waals surface area contributed by atoms with E-state index in [1.165, 1.54) is 19.2 Å². The molecule has 1 atom stereocenters. The normalized spacial score (nSPS) is 12.9. The second kappa shape index (κ2) is 7.39. The molecule has 3 N–H and O–H groups in total. The van der Waals surface area contributed by atoms with Crippen molar-refractivity contribution in [3.63, 3.8) is 0 Å². The van der Waals surface area contributed by atoms with E-state index in [0.29, 0.717) is 12.8 Å². The average molecular weight is 317 g/mol. The summed E-state index contributed by atoms with van der Waals surface area (Å²) in [5.41, 5.74) is -0.0564. The van der Waals surface area contributed by atoms with Gasteiger partial charge in [-0.05, 0) is 38.0 Å². The summed E-state index contributed by atoms with van der Waals surface area (Å²) in [6.07, 6.45) is 0.976. The van der Waals surface area contributed by atoms with Crippen molar-refractivity contribution in [2.24, 2.45) is 0 Å². The molecule has 0 saturated carbocycles. The molecule has 0 spiro atoms. The highest BCUT2D eigenvalue weighted by Gasteiger charge is 2.22. The van der Waals surface area contributed by atoms with E-state index in [4.69, 9.17) is 14.9 Å². The summed E-state index contributed by atoms with van der Waals surface area (Å²) in [6.45, 7) is 1.67. The van der Waals surface area contributed by atoms with Crippen LogP contribution in [0.1, 0.15) is 30.1 Å². The fourth-order valence-corrected chi connectivity index (χ4v) is 3.24. The summed E-state index contributed by atoms with van der Waals surface area (Å²) in [5.74, 6) is -1.20. The molecule has 118 valence electrons. The van der Waals surface area contributed by atoms with Gasteiger partial charge in [-0.15, -0.1) is 0 Å². The van der Waals surface area contributed by atoms with E-state index >= 15 is 0 Å². The Labute approximate surface area is 123 Å². The largest absolute Gasteiger partial charge is 0.495 e. The summed E-state index contributed by atoms with van der Waals surface area (Å²) in [5, 5.41) is 17.6. The van der Waals surface area contributed by atoms with Crippen molar-refractivity contribution in [3.8, 4) is 5.75 Å². The highest BCUT2D eigenvalue weighted by molar-refractivity contribution is 7.89. The molecule has 1 aromatic rings. The maximum atomic E-state index is 12.3. The van der Waals surface area contributed by atoms with Crippen LogP contribution in [0.5, 0.6) is 5.75 Å². The van der Waals surface area contributed by atoms with Gasteiger partial charge < -0.3 is 14.9 Å². The lowest BCUT2D eigenvalue weighted by Crippen LogP contribution is -2.33. The Bertz CT molecular complexity index is 599. The van der Waals surface area contributed by atoms with Crippen molar-refractivity contribution >= 4 is 16.0 Å². The van der Waals surface area contributed by atoms with Gasteiger partial charge >= 0.3 is 5.97 Å². The number of carbonyl (C=O) groups is 1. The molecule has 0 aromatic heterocycles. The lowest BCUT2D eigenvalue weighted by Gasteiger charge is -2.15. The van der Waals surface area contributed by atoms with Crippen LogP contribution in [0.15, 0.2) is 23.1 Å². The van der Waals surface area contributed by atoms with E-state index in [1.807, 2.05) is 0 Å². The van der Waals surface area contributed by atoms with E-state index in [1.54, 1.807) is 6.92 Å². The first-order chi connectivity index (χ1) is 9.81. The van der Waals surface area contributed by atoms with Gasteiger partial charge in [-0.2, -0.15) is 0 Å². The second-order valence-corrected chi connectivity index (χ2v) is 6.24. The van der Waals surface area contributed by atoms with Crippen LogP contribution in [-0.2, 0) is 10.0 Å². The van der Waals surface area contributed by atoms with Gasteiger partial charge in [0.2, 0.25) is 10.0 Å².